The average molecular weight is 312 g/mol. The van der Waals surface area contributed by atoms with Gasteiger partial charge >= 0.3 is 6.03 Å². The molecule has 106 valence electrons. The van der Waals surface area contributed by atoms with Crippen LogP contribution in [0.1, 0.15) is 12.6 Å². The molecule has 1 aromatic heterocycles. The Kier molecular flexibility index (Phi) is 4.81. The van der Waals surface area contributed by atoms with Gasteiger partial charge in [-0.2, -0.15) is 0 Å². The van der Waals surface area contributed by atoms with Gasteiger partial charge < -0.3 is 10.1 Å². The van der Waals surface area contributed by atoms with Crippen LogP contribution in [-0.4, -0.2) is 17.2 Å². The minimum absolute atomic E-state index is 0.360. The number of hydrogen-bond donors (Lipinski definition) is 2. The Morgan fingerprint density at radius 2 is 2.10 bits per heavy atom. The summed E-state index contributed by atoms with van der Waals surface area (Å²) in [5, 5.41) is 8.36. The maximum absolute atomic E-state index is 11.7. The number of rotatable bonds is 4. The second-order valence-electron chi connectivity index (χ2n) is 4.11. The van der Waals surface area contributed by atoms with Gasteiger partial charge in [-0.1, -0.05) is 11.6 Å². The van der Waals surface area contributed by atoms with Crippen LogP contribution in [0.2, 0.25) is 5.02 Å². The van der Waals surface area contributed by atoms with Crippen molar-refractivity contribution < 1.29 is 9.53 Å². The molecule has 0 aliphatic rings. The molecule has 1 heterocycles. The molecule has 0 aliphatic heterocycles. The predicted octanol–water partition coefficient (Wildman–Crippen LogP) is 3.65. The molecule has 1 aromatic carbocycles. The second kappa shape index (κ2) is 6.58. The van der Waals surface area contributed by atoms with Gasteiger partial charge in [0.1, 0.15) is 5.75 Å². The standard InChI is InChI=1S/C13H14ClN3O2S/c1-8-7-20-13(15-8)17-12(18)16-9(2)19-11-5-3-10(14)4-6-11/h3-7,9H,1-2H3,(H2,15,16,17,18). The number of hydrogen-bond acceptors (Lipinski definition) is 4. The Morgan fingerprint density at radius 3 is 2.70 bits per heavy atom. The van der Waals surface area contributed by atoms with Gasteiger partial charge in [0.25, 0.3) is 0 Å². The highest BCUT2D eigenvalue weighted by Gasteiger charge is 2.10. The topological polar surface area (TPSA) is 63.2 Å². The van der Waals surface area contributed by atoms with Crippen molar-refractivity contribution in [1.29, 1.82) is 0 Å². The van der Waals surface area contributed by atoms with E-state index in [1.807, 2.05) is 12.3 Å². The highest BCUT2D eigenvalue weighted by Crippen LogP contribution is 2.17. The zero-order valence-corrected chi connectivity index (χ0v) is 12.6. The van der Waals surface area contributed by atoms with Crippen molar-refractivity contribution >= 4 is 34.1 Å². The molecule has 7 heteroatoms. The second-order valence-corrected chi connectivity index (χ2v) is 5.40. The predicted molar refractivity (Wildman–Crippen MR) is 80.5 cm³/mol. The van der Waals surface area contributed by atoms with Crippen molar-refractivity contribution in [3.63, 3.8) is 0 Å². The minimum atomic E-state index is -0.475. The van der Waals surface area contributed by atoms with Gasteiger partial charge in [-0.15, -0.1) is 11.3 Å². The summed E-state index contributed by atoms with van der Waals surface area (Å²) < 4.78 is 5.54. The van der Waals surface area contributed by atoms with Crippen LogP contribution in [0.5, 0.6) is 5.75 Å². The molecule has 2 rings (SSSR count). The minimum Gasteiger partial charge on any atom is -0.471 e. The van der Waals surface area contributed by atoms with Crippen LogP contribution in [0.3, 0.4) is 0 Å². The number of anilines is 1. The van der Waals surface area contributed by atoms with E-state index in [0.717, 1.165) is 5.69 Å². The van der Waals surface area contributed by atoms with E-state index in [1.54, 1.807) is 31.2 Å². The number of carbonyl (C=O) groups excluding carboxylic acids is 1. The molecule has 20 heavy (non-hydrogen) atoms. The number of nitrogens with zero attached hydrogens (tertiary/aromatic N) is 1. The summed E-state index contributed by atoms with van der Waals surface area (Å²) in [6.45, 7) is 3.60. The maximum Gasteiger partial charge on any atom is 0.323 e. The lowest BCUT2D eigenvalue weighted by Gasteiger charge is -2.16. The summed E-state index contributed by atoms with van der Waals surface area (Å²) in [6, 6.07) is 6.57. The smallest absolute Gasteiger partial charge is 0.323 e. The van der Waals surface area contributed by atoms with E-state index >= 15 is 0 Å². The Labute approximate surface area is 125 Å². The largest absolute Gasteiger partial charge is 0.471 e. The lowest BCUT2D eigenvalue weighted by molar-refractivity contribution is 0.183. The molecule has 0 bridgehead atoms. The van der Waals surface area contributed by atoms with Crippen molar-refractivity contribution in [1.82, 2.24) is 10.3 Å². The number of halogens is 1. The van der Waals surface area contributed by atoms with Gasteiger partial charge in [0, 0.05) is 10.4 Å². The molecule has 0 saturated carbocycles. The zero-order chi connectivity index (χ0) is 14.5. The summed E-state index contributed by atoms with van der Waals surface area (Å²) >= 11 is 7.16. The van der Waals surface area contributed by atoms with Crippen molar-refractivity contribution in [2.24, 2.45) is 0 Å². The average Bonchev–Trinajstić information content (AvgIpc) is 2.77. The summed E-state index contributed by atoms with van der Waals surface area (Å²) in [7, 11) is 0. The Morgan fingerprint density at radius 1 is 1.40 bits per heavy atom. The first kappa shape index (κ1) is 14.6. The molecule has 0 fully saturated rings. The molecular formula is C13H14ClN3O2S. The normalized spacial score (nSPS) is 11.8. The fourth-order valence-corrected chi connectivity index (χ4v) is 2.29. The SMILES string of the molecule is Cc1csc(NC(=O)NC(C)Oc2ccc(Cl)cc2)n1. The molecule has 0 spiro atoms. The van der Waals surface area contributed by atoms with E-state index in [2.05, 4.69) is 15.6 Å². The lowest BCUT2D eigenvalue weighted by Crippen LogP contribution is -2.39. The van der Waals surface area contributed by atoms with Crippen molar-refractivity contribution in [2.75, 3.05) is 5.32 Å². The molecule has 2 amide bonds. The fraction of sp³-hybridized carbons (Fsp3) is 0.231. The van der Waals surface area contributed by atoms with Gasteiger partial charge in [-0.05, 0) is 38.1 Å². The number of amides is 2. The Balaban J connectivity index is 1.83. The third-order valence-corrected chi connectivity index (χ3v) is 3.43. The first-order valence-corrected chi connectivity index (χ1v) is 7.20. The molecule has 0 saturated heterocycles. The molecule has 2 N–H and O–H groups in total. The summed E-state index contributed by atoms with van der Waals surface area (Å²) in [6.07, 6.45) is -0.475. The number of thiazole rings is 1. The van der Waals surface area contributed by atoms with E-state index in [-0.39, 0.29) is 6.03 Å². The van der Waals surface area contributed by atoms with Crippen LogP contribution < -0.4 is 15.4 Å². The molecule has 1 unspecified atom stereocenters. The van der Waals surface area contributed by atoms with Crippen LogP contribution in [-0.2, 0) is 0 Å². The van der Waals surface area contributed by atoms with Gasteiger partial charge in [0.2, 0.25) is 0 Å². The first-order chi connectivity index (χ1) is 9.52. The highest BCUT2D eigenvalue weighted by molar-refractivity contribution is 7.13. The maximum atomic E-state index is 11.7. The van der Waals surface area contributed by atoms with Crippen LogP contribution in [0.4, 0.5) is 9.93 Å². The Bertz CT molecular complexity index is 586. The monoisotopic (exact) mass is 311 g/mol. The zero-order valence-electron chi connectivity index (χ0n) is 11.0. The number of urea groups is 1. The van der Waals surface area contributed by atoms with Crippen LogP contribution >= 0.6 is 22.9 Å². The quantitative estimate of drug-likeness (QED) is 0.847. The third-order valence-electron chi connectivity index (χ3n) is 2.30. The number of ether oxygens (including phenoxy) is 1. The van der Waals surface area contributed by atoms with Gasteiger partial charge in [-0.3, -0.25) is 5.32 Å². The van der Waals surface area contributed by atoms with Crippen molar-refractivity contribution in [2.45, 2.75) is 20.1 Å². The molecular weight excluding hydrogens is 298 g/mol. The number of benzene rings is 1. The fourth-order valence-electron chi connectivity index (χ4n) is 1.48. The number of aromatic nitrogens is 1. The number of aryl methyl sites for hydroxylation is 1. The van der Waals surface area contributed by atoms with E-state index in [4.69, 9.17) is 16.3 Å². The third kappa shape index (κ3) is 4.40. The van der Waals surface area contributed by atoms with Crippen LogP contribution in [0.15, 0.2) is 29.6 Å². The first-order valence-electron chi connectivity index (χ1n) is 5.95. The van der Waals surface area contributed by atoms with E-state index in [9.17, 15) is 4.79 Å². The highest BCUT2D eigenvalue weighted by atomic mass is 35.5. The van der Waals surface area contributed by atoms with Crippen molar-refractivity contribution in [3.8, 4) is 5.75 Å². The molecule has 0 radical (unpaired) electrons. The van der Waals surface area contributed by atoms with Crippen molar-refractivity contribution in [3.05, 3.63) is 40.4 Å². The number of carbonyl (C=O) groups is 1. The molecule has 0 aliphatic carbocycles. The number of nitrogens with one attached hydrogen (secondary N) is 2. The Hall–Kier alpha value is -1.79. The van der Waals surface area contributed by atoms with E-state index in [0.29, 0.717) is 15.9 Å². The summed E-state index contributed by atoms with van der Waals surface area (Å²) in [5.74, 6) is 0.632. The molecule has 1 atom stereocenters. The van der Waals surface area contributed by atoms with E-state index < -0.39 is 6.23 Å². The lowest BCUT2D eigenvalue weighted by atomic mass is 10.3. The molecule has 2 aromatic rings. The van der Waals surface area contributed by atoms with Crippen LogP contribution in [0, 0.1) is 6.92 Å². The molecule has 5 nitrogen and oxygen atoms in total. The van der Waals surface area contributed by atoms with Crippen LogP contribution in [0.25, 0.3) is 0 Å². The van der Waals surface area contributed by atoms with E-state index in [1.165, 1.54) is 11.3 Å². The summed E-state index contributed by atoms with van der Waals surface area (Å²) in [4.78, 5) is 15.9. The van der Waals surface area contributed by atoms with Gasteiger partial charge in [0.05, 0.1) is 5.69 Å². The van der Waals surface area contributed by atoms with Gasteiger partial charge in [-0.25, -0.2) is 9.78 Å². The summed E-state index contributed by atoms with van der Waals surface area (Å²) in [5.41, 5.74) is 0.871. The van der Waals surface area contributed by atoms with Gasteiger partial charge in [0.15, 0.2) is 11.4 Å².